The van der Waals surface area contributed by atoms with Gasteiger partial charge in [0.25, 0.3) is 0 Å². The average Bonchev–Trinajstić information content (AvgIpc) is 2.93. The molecular weight excluding hydrogens is 382 g/mol. The van der Waals surface area contributed by atoms with Crippen LogP contribution in [0, 0.1) is 0 Å². The van der Waals surface area contributed by atoms with E-state index < -0.39 is 0 Å². The zero-order chi connectivity index (χ0) is 20.0. The number of hydrogen-bond donors (Lipinski definition) is 1. The Bertz CT molecular complexity index is 1170. The maximum absolute atomic E-state index is 13.5. The Morgan fingerprint density at radius 3 is 2.45 bits per heavy atom. The van der Waals surface area contributed by atoms with Gasteiger partial charge in [0.05, 0.1) is 30.9 Å². The van der Waals surface area contributed by atoms with Gasteiger partial charge in [-0.25, -0.2) is 0 Å². The van der Waals surface area contributed by atoms with E-state index in [4.69, 9.17) is 9.47 Å². The molecule has 1 atom stereocenters. The number of nitrogens with one attached hydrogen (secondary N) is 1. The van der Waals surface area contributed by atoms with Gasteiger partial charge in [-0.05, 0) is 30.3 Å². The number of ketones is 1. The first kappa shape index (κ1) is 17.9. The lowest BCUT2D eigenvalue weighted by Crippen LogP contribution is -2.09. The van der Waals surface area contributed by atoms with Crippen LogP contribution >= 0.6 is 11.8 Å². The van der Waals surface area contributed by atoms with Crippen LogP contribution in [0.1, 0.15) is 26.7 Å². The highest BCUT2D eigenvalue weighted by molar-refractivity contribution is 8.00. The summed E-state index contributed by atoms with van der Waals surface area (Å²) in [4.78, 5) is 14.6. The zero-order valence-electron chi connectivity index (χ0n) is 16.1. The number of Topliss-reactive ketones (excluding diaryl/α,β-unsaturated/α-hetero) is 1. The van der Waals surface area contributed by atoms with Gasteiger partial charge in [-0.3, -0.25) is 4.79 Å². The topological polar surface area (TPSA) is 47.6 Å². The van der Waals surface area contributed by atoms with E-state index in [9.17, 15) is 4.79 Å². The monoisotopic (exact) mass is 401 g/mol. The van der Waals surface area contributed by atoms with E-state index in [-0.39, 0.29) is 11.0 Å². The molecule has 0 unspecified atom stereocenters. The van der Waals surface area contributed by atoms with E-state index in [1.54, 1.807) is 26.0 Å². The summed E-state index contributed by atoms with van der Waals surface area (Å²) >= 11 is 1.65. The van der Waals surface area contributed by atoms with Crippen molar-refractivity contribution >= 4 is 28.9 Å². The quantitative estimate of drug-likeness (QED) is 0.622. The summed E-state index contributed by atoms with van der Waals surface area (Å²) in [7, 11) is 3.29. The number of para-hydroxylation sites is 1. The molecule has 3 aromatic carbocycles. The summed E-state index contributed by atoms with van der Waals surface area (Å²) in [6.07, 6.45) is 0. The minimum absolute atomic E-state index is 0.0540. The number of carbonyl (C=O) groups is 1. The number of methoxy groups -OCH3 is 2. The third kappa shape index (κ3) is 2.81. The van der Waals surface area contributed by atoms with Gasteiger partial charge in [0, 0.05) is 27.2 Å². The Labute approximate surface area is 173 Å². The van der Waals surface area contributed by atoms with Crippen molar-refractivity contribution in [2.75, 3.05) is 19.5 Å². The van der Waals surface area contributed by atoms with Crippen LogP contribution in [0.4, 0.5) is 5.69 Å². The summed E-state index contributed by atoms with van der Waals surface area (Å²) in [5, 5.41) is 3.31. The number of ether oxygens (including phenoxy) is 2. The Kier molecular flexibility index (Phi) is 4.32. The smallest absolute Gasteiger partial charge is 0.193 e. The number of fused-ring (bicyclic) bond motifs is 3. The van der Waals surface area contributed by atoms with E-state index in [0.29, 0.717) is 0 Å². The van der Waals surface area contributed by atoms with Crippen molar-refractivity contribution in [1.82, 2.24) is 0 Å². The molecule has 0 saturated heterocycles. The van der Waals surface area contributed by atoms with Gasteiger partial charge in [0.1, 0.15) is 11.5 Å². The third-order valence-corrected chi connectivity index (χ3v) is 6.66. The van der Waals surface area contributed by atoms with Gasteiger partial charge < -0.3 is 14.8 Å². The number of benzene rings is 3. The maximum Gasteiger partial charge on any atom is 0.193 e. The second-order valence-electron chi connectivity index (χ2n) is 6.89. The van der Waals surface area contributed by atoms with E-state index in [0.717, 1.165) is 50.0 Å². The van der Waals surface area contributed by atoms with Crippen LogP contribution in [0.5, 0.6) is 11.5 Å². The highest BCUT2D eigenvalue weighted by Gasteiger charge is 2.39. The fourth-order valence-corrected chi connectivity index (χ4v) is 5.26. The van der Waals surface area contributed by atoms with E-state index in [1.807, 2.05) is 60.7 Å². The highest BCUT2D eigenvalue weighted by Crippen LogP contribution is 2.54. The predicted octanol–water partition coefficient (Wildman–Crippen LogP) is 5.57. The molecule has 4 nitrogen and oxygen atoms in total. The largest absolute Gasteiger partial charge is 0.497 e. The Morgan fingerprint density at radius 1 is 0.897 bits per heavy atom. The van der Waals surface area contributed by atoms with Gasteiger partial charge in [-0.1, -0.05) is 36.4 Å². The molecule has 0 radical (unpaired) electrons. The normalized spacial score (nSPS) is 17.0. The van der Waals surface area contributed by atoms with Crippen LogP contribution in [-0.2, 0) is 0 Å². The minimum Gasteiger partial charge on any atom is -0.497 e. The molecule has 1 aliphatic carbocycles. The third-order valence-electron chi connectivity index (χ3n) is 5.33. The van der Waals surface area contributed by atoms with Gasteiger partial charge in [-0.15, -0.1) is 11.8 Å². The summed E-state index contributed by atoms with van der Waals surface area (Å²) in [6, 6.07) is 21.6. The van der Waals surface area contributed by atoms with E-state index in [2.05, 4.69) is 11.4 Å². The molecule has 3 aromatic rings. The van der Waals surface area contributed by atoms with Crippen LogP contribution < -0.4 is 14.8 Å². The second kappa shape index (κ2) is 7.01. The van der Waals surface area contributed by atoms with Crippen LogP contribution in [0.25, 0.3) is 5.70 Å². The fraction of sp³-hybridized carbons (Fsp3) is 0.125. The fourth-order valence-electron chi connectivity index (χ4n) is 3.94. The summed E-state index contributed by atoms with van der Waals surface area (Å²) in [5.74, 6) is 1.52. The lowest BCUT2D eigenvalue weighted by atomic mass is 9.99. The van der Waals surface area contributed by atoms with Crippen LogP contribution in [0.2, 0.25) is 0 Å². The average molecular weight is 401 g/mol. The standard InChI is InChI=1S/C24H19NO3S/c1-27-14-11-12-19(28-2)17(13-14)24-21-22(15-7-3-4-8-16(15)23(21)26)25-18-9-5-6-10-20(18)29-24/h3-13,24-25H,1-2H3/t24-/m0/s1. The Hall–Kier alpha value is -3.18. The molecule has 0 amide bonds. The summed E-state index contributed by atoms with van der Waals surface area (Å²) in [6.45, 7) is 0. The van der Waals surface area contributed by atoms with Crippen molar-refractivity contribution in [1.29, 1.82) is 0 Å². The molecule has 0 fully saturated rings. The molecule has 1 heterocycles. The first-order chi connectivity index (χ1) is 14.2. The molecular formula is C24H19NO3S. The zero-order valence-corrected chi connectivity index (χ0v) is 16.9. The van der Waals surface area contributed by atoms with Gasteiger partial charge in [0.15, 0.2) is 5.78 Å². The molecule has 1 aliphatic heterocycles. The molecule has 2 aliphatic rings. The van der Waals surface area contributed by atoms with Crippen LogP contribution in [0.15, 0.2) is 77.2 Å². The van der Waals surface area contributed by atoms with Crippen molar-refractivity contribution in [3.05, 3.63) is 89.0 Å². The Balaban J connectivity index is 1.77. The van der Waals surface area contributed by atoms with E-state index in [1.165, 1.54) is 0 Å². The predicted molar refractivity (Wildman–Crippen MR) is 116 cm³/mol. The number of rotatable bonds is 3. The molecule has 29 heavy (non-hydrogen) atoms. The lowest BCUT2D eigenvalue weighted by Gasteiger charge is -2.20. The van der Waals surface area contributed by atoms with Crippen molar-refractivity contribution in [3.63, 3.8) is 0 Å². The molecule has 5 rings (SSSR count). The second-order valence-corrected chi connectivity index (χ2v) is 8.04. The molecule has 144 valence electrons. The van der Waals surface area contributed by atoms with Crippen molar-refractivity contribution < 1.29 is 14.3 Å². The van der Waals surface area contributed by atoms with Crippen LogP contribution in [-0.4, -0.2) is 20.0 Å². The highest BCUT2D eigenvalue weighted by atomic mass is 32.2. The molecule has 0 spiro atoms. The first-order valence-corrected chi connectivity index (χ1v) is 10.2. The van der Waals surface area contributed by atoms with Crippen molar-refractivity contribution in [2.45, 2.75) is 10.1 Å². The molecule has 0 saturated carbocycles. The van der Waals surface area contributed by atoms with Gasteiger partial charge in [0.2, 0.25) is 0 Å². The maximum atomic E-state index is 13.5. The number of thioether (sulfide) groups is 1. The van der Waals surface area contributed by atoms with Crippen molar-refractivity contribution in [2.24, 2.45) is 0 Å². The number of carbonyl (C=O) groups excluding carboxylic acids is 1. The lowest BCUT2D eigenvalue weighted by molar-refractivity contribution is 0.103. The summed E-state index contributed by atoms with van der Waals surface area (Å²) < 4.78 is 11.1. The first-order valence-electron chi connectivity index (χ1n) is 9.34. The van der Waals surface area contributed by atoms with Crippen LogP contribution in [0.3, 0.4) is 0 Å². The summed E-state index contributed by atoms with van der Waals surface area (Å²) in [5.41, 5.74) is 5.22. The van der Waals surface area contributed by atoms with Gasteiger partial charge >= 0.3 is 0 Å². The number of anilines is 1. The minimum atomic E-state index is -0.230. The molecule has 1 N–H and O–H groups in total. The van der Waals surface area contributed by atoms with E-state index >= 15 is 0 Å². The SMILES string of the molecule is COc1ccc(OC)c([C@@H]2Sc3ccccc3NC3=C2C(=O)c2ccccc23)c1. The Morgan fingerprint density at radius 2 is 1.66 bits per heavy atom. The number of hydrogen-bond acceptors (Lipinski definition) is 5. The van der Waals surface area contributed by atoms with Crippen molar-refractivity contribution in [3.8, 4) is 11.5 Å². The molecule has 0 aromatic heterocycles. The molecule has 0 bridgehead atoms. The molecule has 5 heteroatoms. The van der Waals surface area contributed by atoms with Gasteiger partial charge in [-0.2, -0.15) is 0 Å².